The van der Waals surface area contributed by atoms with Gasteiger partial charge in [0.25, 0.3) is 0 Å². The predicted molar refractivity (Wildman–Crippen MR) is 124 cm³/mol. The van der Waals surface area contributed by atoms with Gasteiger partial charge < -0.3 is 16.4 Å². The van der Waals surface area contributed by atoms with Gasteiger partial charge in [-0.1, -0.05) is 12.1 Å². The molecule has 0 aliphatic heterocycles. The van der Waals surface area contributed by atoms with Gasteiger partial charge in [0.15, 0.2) is 0 Å². The summed E-state index contributed by atoms with van der Waals surface area (Å²) < 4.78 is 0. The number of aryl methyl sites for hydroxylation is 1. The van der Waals surface area contributed by atoms with E-state index in [1.165, 1.54) is 6.20 Å². The first-order chi connectivity index (χ1) is 15.9. The van der Waals surface area contributed by atoms with Crippen molar-refractivity contribution in [2.24, 2.45) is 0 Å². The molecule has 0 radical (unpaired) electrons. The molecule has 3 aromatic heterocycles. The number of fused-ring (bicyclic) bond motifs is 1. The first-order valence-corrected chi connectivity index (χ1v) is 10.00. The Labute approximate surface area is 189 Å². The van der Waals surface area contributed by atoms with E-state index in [0.717, 1.165) is 16.7 Å². The van der Waals surface area contributed by atoms with Crippen LogP contribution in [0.2, 0.25) is 0 Å². The molecule has 33 heavy (non-hydrogen) atoms. The number of rotatable bonds is 4. The molecule has 4 rings (SSSR count). The standard InChI is InChI=1S/C24H19N7O2/c1-14-6-7-27-12-18(14)20-8-17-9-21(28-13-19(17)22(26)30-20)31-24(33)23(32)29-11-16-4-2-15(10-25)3-5-16/h2-9,12-13H,11H2,1H3,(H2,26,30)(H,29,32)(H,28,31,33). The van der Waals surface area contributed by atoms with Gasteiger partial charge in [0, 0.05) is 36.1 Å². The molecule has 0 bridgehead atoms. The summed E-state index contributed by atoms with van der Waals surface area (Å²) in [5.41, 5.74) is 9.89. The fraction of sp³-hybridized carbons (Fsp3) is 0.0833. The average molecular weight is 437 g/mol. The number of pyridine rings is 3. The minimum atomic E-state index is -0.846. The zero-order valence-electron chi connectivity index (χ0n) is 17.7. The van der Waals surface area contributed by atoms with Crippen LogP contribution in [0.4, 0.5) is 11.6 Å². The summed E-state index contributed by atoms with van der Waals surface area (Å²) in [6.45, 7) is 2.10. The molecule has 9 nitrogen and oxygen atoms in total. The molecule has 1 aromatic carbocycles. The van der Waals surface area contributed by atoms with Gasteiger partial charge in [-0.2, -0.15) is 5.26 Å². The van der Waals surface area contributed by atoms with Crippen molar-refractivity contribution in [3.8, 4) is 17.3 Å². The Morgan fingerprint density at radius 1 is 1.09 bits per heavy atom. The van der Waals surface area contributed by atoms with Crippen molar-refractivity contribution in [1.29, 1.82) is 5.26 Å². The van der Waals surface area contributed by atoms with Crippen molar-refractivity contribution in [3.63, 3.8) is 0 Å². The van der Waals surface area contributed by atoms with Gasteiger partial charge >= 0.3 is 11.8 Å². The summed E-state index contributed by atoms with van der Waals surface area (Å²) in [5.74, 6) is -1.14. The largest absolute Gasteiger partial charge is 0.383 e. The fourth-order valence-corrected chi connectivity index (χ4v) is 3.25. The summed E-state index contributed by atoms with van der Waals surface area (Å²) in [7, 11) is 0. The molecule has 0 saturated carbocycles. The van der Waals surface area contributed by atoms with Crippen molar-refractivity contribution in [3.05, 3.63) is 77.7 Å². The summed E-state index contributed by atoms with van der Waals surface area (Å²) in [6.07, 6.45) is 4.92. The number of hydrogen-bond donors (Lipinski definition) is 3. The van der Waals surface area contributed by atoms with E-state index in [4.69, 9.17) is 11.0 Å². The number of nitrogens with one attached hydrogen (secondary N) is 2. The molecular formula is C24H19N7O2. The Morgan fingerprint density at radius 3 is 2.61 bits per heavy atom. The lowest BCUT2D eigenvalue weighted by Gasteiger charge is -2.10. The summed E-state index contributed by atoms with van der Waals surface area (Å²) >= 11 is 0. The molecule has 0 spiro atoms. The van der Waals surface area contributed by atoms with Gasteiger partial charge in [0.05, 0.1) is 17.3 Å². The smallest absolute Gasteiger partial charge is 0.314 e. The number of nitrogens with zero attached hydrogens (tertiary/aromatic N) is 4. The summed E-state index contributed by atoms with van der Waals surface area (Å²) in [4.78, 5) is 37.3. The maximum atomic E-state index is 12.3. The number of carbonyl (C=O) groups excluding carboxylic acids is 2. The third-order valence-corrected chi connectivity index (χ3v) is 5.04. The molecule has 0 aliphatic rings. The highest BCUT2D eigenvalue weighted by molar-refractivity contribution is 6.39. The van der Waals surface area contributed by atoms with Crippen LogP contribution in [0.25, 0.3) is 22.0 Å². The monoisotopic (exact) mass is 437 g/mol. The van der Waals surface area contributed by atoms with Gasteiger partial charge in [-0.25, -0.2) is 9.97 Å². The molecule has 0 unspecified atom stereocenters. The van der Waals surface area contributed by atoms with Crippen LogP contribution in [0.15, 0.2) is 61.1 Å². The lowest BCUT2D eigenvalue weighted by molar-refractivity contribution is -0.136. The second-order valence-electron chi connectivity index (χ2n) is 7.32. The first-order valence-electron chi connectivity index (χ1n) is 10.00. The van der Waals surface area contributed by atoms with Crippen LogP contribution >= 0.6 is 0 Å². The topological polar surface area (TPSA) is 147 Å². The van der Waals surface area contributed by atoms with E-state index in [0.29, 0.717) is 27.8 Å². The molecule has 2 amide bonds. The minimum absolute atomic E-state index is 0.152. The number of nitrogens with two attached hydrogens (primary N) is 1. The second kappa shape index (κ2) is 9.11. The van der Waals surface area contributed by atoms with Gasteiger partial charge in [0.1, 0.15) is 11.6 Å². The number of amides is 2. The number of nitriles is 1. The van der Waals surface area contributed by atoms with Crippen molar-refractivity contribution >= 4 is 34.2 Å². The third-order valence-electron chi connectivity index (χ3n) is 5.04. The fourth-order valence-electron chi connectivity index (χ4n) is 3.25. The summed E-state index contributed by atoms with van der Waals surface area (Å²) in [5, 5.41) is 15.2. The molecule has 9 heteroatoms. The Kier molecular flexibility index (Phi) is 5.91. The molecule has 3 heterocycles. The highest BCUT2D eigenvalue weighted by atomic mass is 16.2. The second-order valence-corrected chi connectivity index (χ2v) is 7.32. The third kappa shape index (κ3) is 4.75. The van der Waals surface area contributed by atoms with Crippen LogP contribution in [-0.4, -0.2) is 26.8 Å². The number of anilines is 2. The van der Waals surface area contributed by atoms with Crippen molar-refractivity contribution in [1.82, 2.24) is 20.3 Å². The Bertz CT molecular complexity index is 1410. The SMILES string of the molecule is Cc1ccncc1-c1cc2cc(NC(=O)C(=O)NCc3ccc(C#N)cc3)ncc2c(N)n1. The molecule has 0 fully saturated rings. The van der Waals surface area contributed by atoms with Crippen molar-refractivity contribution in [2.45, 2.75) is 13.5 Å². The molecule has 0 aliphatic carbocycles. The van der Waals surface area contributed by atoms with Crippen LogP contribution in [0, 0.1) is 18.3 Å². The maximum absolute atomic E-state index is 12.3. The Morgan fingerprint density at radius 2 is 1.88 bits per heavy atom. The number of hydrogen-bond acceptors (Lipinski definition) is 7. The van der Waals surface area contributed by atoms with E-state index in [1.54, 1.807) is 42.7 Å². The molecule has 0 atom stereocenters. The molecule has 162 valence electrons. The maximum Gasteiger partial charge on any atom is 0.314 e. The zero-order chi connectivity index (χ0) is 23.4. The Hall–Kier alpha value is -4.84. The van der Waals surface area contributed by atoms with Crippen LogP contribution in [0.5, 0.6) is 0 Å². The number of carbonyl (C=O) groups is 2. The minimum Gasteiger partial charge on any atom is -0.383 e. The van der Waals surface area contributed by atoms with E-state index in [-0.39, 0.29) is 12.4 Å². The van der Waals surface area contributed by atoms with Crippen LogP contribution in [0.1, 0.15) is 16.7 Å². The summed E-state index contributed by atoms with van der Waals surface area (Å²) in [6, 6.07) is 14.1. The van der Waals surface area contributed by atoms with Gasteiger partial charge in [-0.15, -0.1) is 0 Å². The van der Waals surface area contributed by atoms with E-state index in [2.05, 4.69) is 25.6 Å². The number of benzene rings is 1. The Balaban J connectivity index is 1.49. The molecule has 4 N–H and O–H groups in total. The van der Waals surface area contributed by atoms with Gasteiger partial charge in [0.2, 0.25) is 0 Å². The first kappa shape index (κ1) is 21.4. The molecule has 0 saturated heterocycles. The van der Waals surface area contributed by atoms with Crippen LogP contribution in [0.3, 0.4) is 0 Å². The molecular weight excluding hydrogens is 418 g/mol. The van der Waals surface area contributed by atoms with E-state index in [9.17, 15) is 9.59 Å². The predicted octanol–water partition coefficient (Wildman–Crippen LogP) is 2.71. The number of aromatic nitrogens is 3. The number of nitrogen functional groups attached to an aromatic ring is 1. The van der Waals surface area contributed by atoms with E-state index in [1.807, 2.05) is 25.1 Å². The highest BCUT2D eigenvalue weighted by Crippen LogP contribution is 2.28. The van der Waals surface area contributed by atoms with Gasteiger partial charge in [-0.3, -0.25) is 14.6 Å². The lowest BCUT2D eigenvalue weighted by atomic mass is 10.1. The zero-order valence-corrected chi connectivity index (χ0v) is 17.7. The van der Waals surface area contributed by atoms with Crippen LogP contribution < -0.4 is 16.4 Å². The molecule has 4 aromatic rings. The highest BCUT2D eigenvalue weighted by Gasteiger charge is 2.15. The van der Waals surface area contributed by atoms with E-state index < -0.39 is 11.8 Å². The van der Waals surface area contributed by atoms with Crippen LogP contribution in [-0.2, 0) is 16.1 Å². The average Bonchev–Trinajstić information content (AvgIpc) is 2.82. The quantitative estimate of drug-likeness (QED) is 0.416. The van der Waals surface area contributed by atoms with Gasteiger partial charge in [-0.05, 0) is 53.8 Å². The van der Waals surface area contributed by atoms with E-state index >= 15 is 0 Å². The van der Waals surface area contributed by atoms with Crippen molar-refractivity contribution < 1.29 is 9.59 Å². The normalized spacial score (nSPS) is 10.4. The lowest BCUT2D eigenvalue weighted by Crippen LogP contribution is -2.35. The van der Waals surface area contributed by atoms with Crippen molar-refractivity contribution in [2.75, 3.05) is 11.1 Å².